The Morgan fingerprint density at radius 2 is 2.06 bits per heavy atom. The Morgan fingerprint density at radius 1 is 1.27 bits per heavy atom. The molecule has 0 spiro atoms. The second-order valence-corrected chi connectivity index (χ2v) is 9.13. The first-order chi connectivity index (χ1) is 15.8. The van der Waals surface area contributed by atoms with Gasteiger partial charge in [-0.05, 0) is 57.1 Å². The number of nitrogens with one attached hydrogen (secondary N) is 2. The number of thiocarbonyl (C=S) groups is 1. The number of rotatable bonds is 7. The second kappa shape index (κ2) is 9.19. The van der Waals surface area contributed by atoms with Crippen LogP contribution in [-0.4, -0.2) is 49.0 Å². The lowest BCUT2D eigenvalue weighted by atomic mass is 9.78. The van der Waals surface area contributed by atoms with Crippen molar-refractivity contribution in [3.05, 3.63) is 53.1 Å². The third kappa shape index (κ3) is 4.13. The van der Waals surface area contributed by atoms with E-state index in [-0.39, 0.29) is 11.9 Å². The number of benzene rings is 2. The molecule has 7 nitrogen and oxygen atoms in total. The lowest BCUT2D eigenvalue weighted by molar-refractivity contribution is -0.150. The van der Waals surface area contributed by atoms with E-state index >= 15 is 0 Å². The summed E-state index contributed by atoms with van der Waals surface area (Å²) >= 11 is 5.73. The maximum absolute atomic E-state index is 13.8. The van der Waals surface area contributed by atoms with Crippen LogP contribution in [0.1, 0.15) is 36.1 Å². The fourth-order valence-corrected chi connectivity index (χ4v) is 5.25. The molecule has 2 bridgehead atoms. The largest absolute Gasteiger partial charge is 0.493 e. The average Bonchev–Trinajstić information content (AvgIpc) is 2.77. The maximum Gasteiger partial charge on any atom is 0.236 e. The molecule has 2 heterocycles. The third-order valence-electron chi connectivity index (χ3n) is 6.50. The van der Waals surface area contributed by atoms with Gasteiger partial charge in [-0.2, -0.15) is 0 Å². The molecule has 176 valence electrons. The van der Waals surface area contributed by atoms with E-state index < -0.39 is 11.6 Å². The van der Waals surface area contributed by atoms with Crippen molar-refractivity contribution in [2.24, 2.45) is 5.92 Å². The van der Waals surface area contributed by atoms with Crippen LogP contribution in [0.15, 0.2) is 36.4 Å². The smallest absolute Gasteiger partial charge is 0.236 e. The monoisotopic (exact) mass is 469 g/mol. The molecule has 1 saturated heterocycles. The molecule has 2 aliphatic rings. The minimum Gasteiger partial charge on any atom is -0.493 e. The number of hydrogen-bond donors (Lipinski definition) is 2. The third-order valence-corrected chi connectivity index (χ3v) is 6.83. The summed E-state index contributed by atoms with van der Waals surface area (Å²) in [6.07, 6.45) is 0.742. The highest BCUT2D eigenvalue weighted by molar-refractivity contribution is 7.80. The van der Waals surface area contributed by atoms with Gasteiger partial charge in [0.2, 0.25) is 5.91 Å². The number of carbonyl (C=O) groups excluding carboxylic acids is 1. The number of aryl methyl sites for hydroxylation is 2. The predicted molar refractivity (Wildman–Crippen MR) is 132 cm³/mol. The van der Waals surface area contributed by atoms with Gasteiger partial charge in [0.15, 0.2) is 22.3 Å². The van der Waals surface area contributed by atoms with Crippen molar-refractivity contribution in [3.63, 3.8) is 0 Å². The quantitative estimate of drug-likeness (QED) is 0.470. The summed E-state index contributed by atoms with van der Waals surface area (Å²) in [5, 5.41) is 7.11. The van der Waals surface area contributed by atoms with E-state index in [1.165, 1.54) is 0 Å². The van der Waals surface area contributed by atoms with Gasteiger partial charge in [-0.1, -0.05) is 29.8 Å². The fraction of sp³-hybridized carbons (Fsp3) is 0.440. The van der Waals surface area contributed by atoms with Crippen molar-refractivity contribution in [2.45, 2.75) is 39.0 Å². The van der Waals surface area contributed by atoms with Gasteiger partial charge in [-0.15, -0.1) is 0 Å². The van der Waals surface area contributed by atoms with E-state index in [9.17, 15) is 4.79 Å². The number of nitrogens with zero attached hydrogens (tertiary/aromatic N) is 1. The number of hydrogen-bond acceptors (Lipinski definition) is 5. The molecular formula is C25H31N3O4S. The molecule has 0 radical (unpaired) electrons. The summed E-state index contributed by atoms with van der Waals surface area (Å²) in [4.78, 5) is 15.8. The van der Waals surface area contributed by atoms with Crippen molar-refractivity contribution in [1.82, 2.24) is 10.2 Å². The zero-order valence-electron chi connectivity index (χ0n) is 19.7. The van der Waals surface area contributed by atoms with Gasteiger partial charge in [0, 0.05) is 31.5 Å². The Balaban J connectivity index is 1.76. The molecule has 2 aromatic carbocycles. The van der Waals surface area contributed by atoms with Crippen molar-refractivity contribution >= 4 is 28.9 Å². The van der Waals surface area contributed by atoms with E-state index in [4.69, 9.17) is 26.4 Å². The lowest BCUT2D eigenvalue weighted by Gasteiger charge is -2.56. The average molecular weight is 470 g/mol. The molecule has 3 atom stereocenters. The number of ether oxygens (including phenoxy) is 3. The summed E-state index contributed by atoms with van der Waals surface area (Å²) in [5.74, 6) is 0.569. The highest BCUT2D eigenvalue weighted by Crippen LogP contribution is 2.51. The zero-order valence-corrected chi connectivity index (χ0v) is 20.5. The number of fused-ring (bicyclic) bond motifs is 4. The Labute approximate surface area is 200 Å². The molecule has 2 N–H and O–H groups in total. The standard InChI is InChI=1S/C25H31N3O4S/c1-15-10-11-18(16(2)14-15)26-23(29)20-21-17-8-6-9-19(31-5)22(17)32-25(20,3)28(24(33)27-21)12-7-13-30-4/h6,8-11,14,20-21H,7,12-13H2,1-5H3,(H,26,29)(H,27,33)/t20-,21-,25+/m1/s1. The lowest BCUT2D eigenvalue weighted by Crippen LogP contribution is -2.71. The van der Waals surface area contributed by atoms with Gasteiger partial charge in [0.05, 0.1) is 13.2 Å². The van der Waals surface area contributed by atoms with Gasteiger partial charge in [0.1, 0.15) is 5.92 Å². The normalized spacial score (nSPS) is 23.3. The van der Waals surface area contributed by atoms with E-state index in [2.05, 4.69) is 16.7 Å². The first-order valence-electron chi connectivity index (χ1n) is 11.1. The van der Waals surface area contributed by atoms with Crippen LogP contribution >= 0.6 is 12.2 Å². The Bertz CT molecular complexity index is 1080. The molecule has 2 aromatic rings. The molecule has 33 heavy (non-hydrogen) atoms. The van der Waals surface area contributed by atoms with Gasteiger partial charge in [-0.3, -0.25) is 4.79 Å². The van der Waals surface area contributed by atoms with Gasteiger partial charge < -0.3 is 29.7 Å². The van der Waals surface area contributed by atoms with Crippen LogP contribution in [0.25, 0.3) is 0 Å². The molecule has 4 rings (SSSR count). The molecule has 1 fully saturated rings. The van der Waals surface area contributed by atoms with Crippen LogP contribution in [0, 0.1) is 19.8 Å². The van der Waals surface area contributed by atoms with E-state index in [0.717, 1.165) is 28.8 Å². The van der Waals surface area contributed by atoms with Crippen LogP contribution in [0.3, 0.4) is 0 Å². The van der Waals surface area contributed by atoms with Gasteiger partial charge in [0.25, 0.3) is 0 Å². The first-order valence-corrected chi connectivity index (χ1v) is 11.5. The van der Waals surface area contributed by atoms with E-state index in [0.29, 0.717) is 29.8 Å². The summed E-state index contributed by atoms with van der Waals surface area (Å²) in [7, 11) is 3.29. The number of methoxy groups -OCH3 is 2. The van der Waals surface area contributed by atoms with Crippen LogP contribution < -0.4 is 20.1 Å². The number of amides is 1. The van der Waals surface area contributed by atoms with E-state index in [1.807, 2.05) is 56.0 Å². The SMILES string of the molecule is COCCCN1C(=S)N[C@@H]2c3cccc(OC)c3O[C@@]1(C)[C@H]2C(=O)Nc1ccc(C)cc1C. The summed E-state index contributed by atoms with van der Waals surface area (Å²) in [6.45, 7) is 7.12. The molecule has 8 heteroatoms. The number of para-hydroxylation sites is 1. The van der Waals surface area contributed by atoms with Crippen LogP contribution in [0.2, 0.25) is 0 Å². The molecule has 1 amide bonds. The number of anilines is 1. The van der Waals surface area contributed by atoms with Crippen molar-refractivity contribution < 1.29 is 19.0 Å². The van der Waals surface area contributed by atoms with Gasteiger partial charge in [-0.25, -0.2) is 0 Å². The molecule has 0 unspecified atom stereocenters. The summed E-state index contributed by atoms with van der Waals surface area (Å²) in [5.41, 5.74) is 2.79. The van der Waals surface area contributed by atoms with Crippen molar-refractivity contribution in [2.75, 3.05) is 32.7 Å². The topological polar surface area (TPSA) is 72.1 Å². The van der Waals surface area contributed by atoms with E-state index in [1.54, 1.807) is 14.2 Å². The fourth-order valence-electron chi connectivity index (χ4n) is 4.85. The van der Waals surface area contributed by atoms with Gasteiger partial charge >= 0.3 is 0 Å². The van der Waals surface area contributed by atoms with Crippen LogP contribution in [-0.2, 0) is 9.53 Å². The summed E-state index contributed by atoms with van der Waals surface area (Å²) in [6, 6.07) is 11.4. The Kier molecular flexibility index (Phi) is 6.50. The zero-order chi connectivity index (χ0) is 23.8. The highest BCUT2D eigenvalue weighted by Gasteiger charge is 2.59. The Morgan fingerprint density at radius 3 is 2.76 bits per heavy atom. The summed E-state index contributed by atoms with van der Waals surface area (Å²) < 4.78 is 17.4. The van der Waals surface area contributed by atoms with Crippen molar-refractivity contribution in [3.8, 4) is 11.5 Å². The maximum atomic E-state index is 13.8. The van der Waals surface area contributed by atoms with Crippen molar-refractivity contribution in [1.29, 1.82) is 0 Å². The van der Waals surface area contributed by atoms with Crippen LogP contribution in [0.4, 0.5) is 5.69 Å². The Hall–Kier alpha value is -2.84. The molecular weight excluding hydrogens is 438 g/mol. The molecule has 0 aliphatic carbocycles. The first kappa shape index (κ1) is 23.3. The molecule has 0 aromatic heterocycles. The molecule has 2 aliphatic heterocycles. The second-order valence-electron chi connectivity index (χ2n) is 8.75. The van der Waals surface area contributed by atoms with Crippen LogP contribution in [0.5, 0.6) is 11.5 Å². The minimum absolute atomic E-state index is 0.130. The minimum atomic E-state index is -1.01. The molecule has 0 saturated carbocycles. The predicted octanol–water partition coefficient (Wildman–Crippen LogP) is 3.94. The highest BCUT2D eigenvalue weighted by atomic mass is 32.1. The number of carbonyl (C=O) groups is 1.